The number of rotatable bonds is 12. The molecule has 1 aliphatic carbocycles. The Morgan fingerprint density at radius 2 is 0.971 bits per heavy atom. The molecule has 0 spiro atoms. The lowest BCUT2D eigenvalue weighted by atomic mass is 9.82. The van der Waals surface area contributed by atoms with Crippen LogP contribution in [-0.2, 0) is 0 Å². The number of benzene rings is 2. The molecular formula is C28H42N4O2+2. The van der Waals surface area contributed by atoms with Crippen molar-refractivity contribution in [2.75, 3.05) is 77.1 Å². The highest BCUT2D eigenvalue weighted by Gasteiger charge is 2.34. The molecule has 0 fully saturated rings. The molecule has 0 unspecified atom stereocenters. The molecule has 0 radical (unpaired) electrons. The first-order valence-corrected chi connectivity index (χ1v) is 12.7. The smallest absolute Gasteiger partial charge is 0.196 e. The van der Waals surface area contributed by atoms with Gasteiger partial charge >= 0.3 is 0 Å². The fourth-order valence-corrected chi connectivity index (χ4v) is 4.52. The van der Waals surface area contributed by atoms with Crippen LogP contribution in [-0.4, -0.2) is 87.0 Å². The van der Waals surface area contributed by atoms with Crippen LogP contribution < -0.4 is 10.6 Å². The van der Waals surface area contributed by atoms with Crippen molar-refractivity contribution < 1.29 is 18.6 Å². The van der Waals surface area contributed by atoms with Crippen molar-refractivity contribution in [2.45, 2.75) is 27.7 Å². The monoisotopic (exact) mass is 466 g/mol. The summed E-state index contributed by atoms with van der Waals surface area (Å²) in [6.07, 6.45) is 0. The van der Waals surface area contributed by atoms with Crippen LogP contribution in [0.3, 0.4) is 0 Å². The predicted molar refractivity (Wildman–Crippen MR) is 141 cm³/mol. The van der Waals surface area contributed by atoms with E-state index in [-0.39, 0.29) is 11.6 Å². The van der Waals surface area contributed by atoms with Gasteiger partial charge in [0.05, 0.1) is 77.6 Å². The average molecular weight is 467 g/mol. The highest BCUT2D eigenvalue weighted by Crippen LogP contribution is 2.36. The molecule has 184 valence electrons. The molecule has 0 heterocycles. The molecule has 0 aliphatic heterocycles. The lowest BCUT2D eigenvalue weighted by molar-refractivity contribution is -0.904. The zero-order chi connectivity index (χ0) is 24.9. The van der Waals surface area contributed by atoms with Gasteiger partial charge in [-0.05, 0) is 39.8 Å². The molecule has 0 bridgehead atoms. The van der Waals surface area contributed by atoms with Gasteiger partial charge in [-0.3, -0.25) is 9.59 Å². The predicted octanol–water partition coefficient (Wildman–Crippen LogP) is 4.26. The Bertz CT molecular complexity index is 957. The van der Waals surface area contributed by atoms with E-state index in [2.05, 4.69) is 52.4 Å². The topological polar surface area (TPSA) is 58.2 Å². The van der Waals surface area contributed by atoms with Crippen molar-refractivity contribution in [3.05, 3.63) is 58.7 Å². The molecule has 0 atom stereocenters. The molecule has 6 heteroatoms. The SMILES string of the molecule is CC[N+](C)(CC)CCNc1ccc(NCC[N+](C)(CC)CC)c2c1C(=O)c1ccccc1C2=O. The van der Waals surface area contributed by atoms with Crippen molar-refractivity contribution in [2.24, 2.45) is 0 Å². The lowest BCUT2D eigenvalue weighted by Crippen LogP contribution is -2.46. The molecule has 2 aromatic carbocycles. The summed E-state index contributed by atoms with van der Waals surface area (Å²) in [5, 5.41) is 6.97. The Balaban J connectivity index is 1.94. The van der Waals surface area contributed by atoms with E-state index in [1.165, 1.54) is 0 Å². The van der Waals surface area contributed by atoms with Crippen LogP contribution in [0.2, 0.25) is 0 Å². The molecule has 0 saturated heterocycles. The fraction of sp³-hybridized carbons (Fsp3) is 0.500. The molecular weight excluding hydrogens is 424 g/mol. The van der Waals surface area contributed by atoms with Crippen molar-refractivity contribution in [3.63, 3.8) is 0 Å². The zero-order valence-electron chi connectivity index (χ0n) is 21.8. The number of anilines is 2. The lowest BCUT2D eigenvalue weighted by Gasteiger charge is -2.33. The quantitative estimate of drug-likeness (QED) is 0.392. The van der Waals surface area contributed by atoms with Gasteiger partial charge < -0.3 is 19.6 Å². The number of nitrogens with zero attached hydrogens (tertiary/aromatic N) is 2. The second-order valence-electron chi connectivity index (χ2n) is 9.92. The van der Waals surface area contributed by atoms with Gasteiger partial charge in [0.2, 0.25) is 0 Å². The summed E-state index contributed by atoms with van der Waals surface area (Å²) in [7, 11) is 4.49. The number of ketones is 2. The van der Waals surface area contributed by atoms with E-state index in [1.807, 2.05) is 24.3 Å². The largest absolute Gasteiger partial charge is 0.379 e. The number of fused-ring (bicyclic) bond motifs is 2. The standard InChI is InChI=1S/C28H40N4O2/c1-7-31(5,8-2)19-17-29-23-15-16-24(30-18-20-32(6,9-3)10-4)26-25(23)27(33)21-13-11-12-14-22(21)28(26)34/h11-16H,7-10,17-20H2,1-6H3/p+2. The summed E-state index contributed by atoms with van der Waals surface area (Å²) in [5.41, 5.74) is 3.47. The second kappa shape index (κ2) is 10.7. The van der Waals surface area contributed by atoms with Gasteiger partial charge in [-0.25, -0.2) is 0 Å². The van der Waals surface area contributed by atoms with Gasteiger partial charge in [-0.1, -0.05) is 24.3 Å². The molecule has 0 amide bonds. The van der Waals surface area contributed by atoms with E-state index < -0.39 is 0 Å². The van der Waals surface area contributed by atoms with Crippen molar-refractivity contribution in [1.82, 2.24) is 0 Å². The van der Waals surface area contributed by atoms with Crippen LogP contribution in [0.1, 0.15) is 59.5 Å². The summed E-state index contributed by atoms with van der Waals surface area (Å²) >= 11 is 0. The van der Waals surface area contributed by atoms with E-state index in [1.54, 1.807) is 12.1 Å². The Morgan fingerprint density at radius 1 is 0.618 bits per heavy atom. The highest BCUT2D eigenvalue weighted by atomic mass is 16.1. The molecule has 34 heavy (non-hydrogen) atoms. The normalized spacial score (nSPS) is 13.5. The summed E-state index contributed by atoms with van der Waals surface area (Å²) in [6.45, 7) is 16.4. The average Bonchev–Trinajstić information content (AvgIpc) is 2.87. The van der Waals surface area contributed by atoms with Crippen LogP contribution in [0, 0.1) is 0 Å². The summed E-state index contributed by atoms with van der Waals surface area (Å²) in [5.74, 6) is -0.162. The molecule has 2 N–H and O–H groups in total. The minimum Gasteiger partial charge on any atom is -0.379 e. The van der Waals surface area contributed by atoms with Crippen LogP contribution >= 0.6 is 0 Å². The maximum absolute atomic E-state index is 13.6. The fourth-order valence-electron chi connectivity index (χ4n) is 4.52. The van der Waals surface area contributed by atoms with E-state index in [9.17, 15) is 9.59 Å². The Hall–Kier alpha value is -2.70. The van der Waals surface area contributed by atoms with Crippen molar-refractivity contribution in [3.8, 4) is 0 Å². The highest BCUT2D eigenvalue weighted by molar-refractivity contribution is 6.31. The maximum Gasteiger partial charge on any atom is 0.196 e. The van der Waals surface area contributed by atoms with Gasteiger partial charge in [-0.15, -0.1) is 0 Å². The third-order valence-electron chi connectivity index (χ3n) is 8.06. The Morgan fingerprint density at radius 3 is 1.29 bits per heavy atom. The minimum atomic E-state index is -0.0812. The number of quaternary nitrogens is 2. The van der Waals surface area contributed by atoms with E-state index in [0.717, 1.165) is 72.7 Å². The Kier molecular flexibility index (Phi) is 8.16. The van der Waals surface area contributed by atoms with Gasteiger partial charge in [0.15, 0.2) is 11.6 Å². The van der Waals surface area contributed by atoms with Crippen molar-refractivity contribution in [1.29, 1.82) is 0 Å². The van der Waals surface area contributed by atoms with Gasteiger partial charge in [0, 0.05) is 22.5 Å². The van der Waals surface area contributed by atoms with Crippen LogP contribution in [0.25, 0.3) is 0 Å². The number of hydrogen-bond acceptors (Lipinski definition) is 4. The van der Waals surface area contributed by atoms with E-state index in [0.29, 0.717) is 22.3 Å². The maximum atomic E-state index is 13.6. The minimum absolute atomic E-state index is 0.0812. The van der Waals surface area contributed by atoms with Crippen LogP contribution in [0.4, 0.5) is 11.4 Å². The second-order valence-corrected chi connectivity index (χ2v) is 9.92. The molecule has 2 aromatic rings. The van der Waals surface area contributed by atoms with E-state index >= 15 is 0 Å². The molecule has 0 saturated carbocycles. The summed E-state index contributed by atoms with van der Waals surface area (Å²) in [6, 6.07) is 11.1. The zero-order valence-corrected chi connectivity index (χ0v) is 21.8. The van der Waals surface area contributed by atoms with Crippen LogP contribution in [0.5, 0.6) is 0 Å². The molecule has 0 aromatic heterocycles. The van der Waals surface area contributed by atoms with E-state index in [4.69, 9.17) is 0 Å². The number of nitrogens with one attached hydrogen (secondary N) is 2. The third-order valence-corrected chi connectivity index (χ3v) is 8.06. The number of hydrogen-bond donors (Lipinski definition) is 2. The van der Waals surface area contributed by atoms with Crippen LogP contribution in [0.15, 0.2) is 36.4 Å². The summed E-state index contributed by atoms with van der Waals surface area (Å²) in [4.78, 5) is 27.2. The number of carbonyl (C=O) groups excluding carboxylic acids is 2. The van der Waals surface area contributed by atoms with Gasteiger partial charge in [0.25, 0.3) is 0 Å². The molecule has 1 aliphatic rings. The third kappa shape index (κ3) is 5.18. The number of likely N-dealkylation sites (N-methyl/N-ethyl adjacent to an activating group) is 2. The molecule has 6 nitrogen and oxygen atoms in total. The first-order valence-electron chi connectivity index (χ1n) is 12.7. The van der Waals surface area contributed by atoms with Crippen molar-refractivity contribution >= 4 is 22.9 Å². The first kappa shape index (κ1) is 25.9. The first-order chi connectivity index (χ1) is 16.2. The Labute approximate surface area is 205 Å². The van der Waals surface area contributed by atoms with Gasteiger partial charge in [-0.2, -0.15) is 0 Å². The summed E-state index contributed by atoms with van der Waals surface area (Å²) < 4.78 is 1.91. The van der Waals surface area contributed by atoms with Gasteiger partial charge in [0.1, 0.15) is 0 Å². The number of carbonyl (C=O) groups is 2. The molecule has 3 rings (SSSR count).